The van der Waals surface area contributed by atoms with Crippen LogP contribution in [-0.4, -0.2) is 44.2 Å². The number of carbonyl (C=O) groups excluding carboxylic acids is 1. The highest BCUT2D eigenvalue weighted by Gasteiger charge is 2.04. The minimum absolute atomic E-state index is 0. The molecule has 1 rings (SSSR count). The van der Waals surface area contributed by atoms with Gasteiger partial charge in [0.2, 0.25) is 0 Å². The van der Waals surface area contributed by atoms with Crippen molar-refractivity contribution in [1.82, 2.24) is 15.6 Å². The highest BCUT2D eigenvalue weighted by Crippen LogP contribution is 2.16. The van der Waals surface area contributed by atoms with E-state index in [4.69, 9.17) is 0 Å². The van der Waals surface area contributed by atoms with Crippen molar-refractivity contribution in [2.75, 3.05) is 27.2 Å². The van der Waals surface area contributed by atoms with Gasteiger partial charge in [-0.15, -0.1) is 35.3 Å². The fraction of sp³-hybridized carbons (Fsp3) is 0.667. The molecule has 0 spiro atoms. The number of guanidine groups is 1. The quantitative estimate of drug-likeness (QED) is 0.208. The number of nitrogens with one attached hydrogen (secondary N) is 2. The van der Waals surface area contributed by atoms with E-state index < -0.39 is 0 Å². The molecular weight excluding hydrogens is 427 g/mol. The summed E-state index contributed by atoms with van der Waals surface area (Å²) in [6.07, 6.45) is 3.07. The number of hydrogen-bond acceptors (Lipinski definition) is 5. The van der Waals surface area contributed by atoms with Gasteiger partial charge in [-0.05, 0) is 26.7 Å². The van der Waals surface area contributed by atoms with E-state index in [1.54, 1.807) is 18.4 Å². The molecule has 1 aromatic rings. The Balaban J connectivity index is 0.00000484. The predicted molar refractivity (Wildman–Crippen MR) is 106 cm³/mol. The molecule has 8 heteroatoms. The Bertz CT molecular complexity index is 486. The second-order valence-electron chi connectivity index (χ2n) is 4.96. The Kier molecular flexibility index (Phi) is 12.0. The summed E-state index contributed by atoms with van der Waals surface area (Å²) in [7, 11) is 3.17. The van der Waals surface area contributed by atoms with E-state index in [0.29, 0.717) is 6.42 Å². The average molecular weight is 454 g/mol. The van der Waals surface area contributed by atoms with E-state index in [2.05, 4.69) is 32.3 Å². The SMILES string of the molecule is CN=C(NCCCCC(=O)OC)NCCc1nc(C)c(C)s1.I. The average Bonchev–Trinajstić information content (AvgIpc) is 2.83. The van der Waals surface area contributed by atoms with Crippen LogP contribution in [0.2, 0.25) is 0 Å². The number of aromatic nitrogens is 1. The van der Waals surface area contributed by atoms with Crippen molar-refractivity contribution in [1.29, 1.82) is 0 Å². The predicted octanol–water partition coefficient (Wildman–Crippen LogP) is 2.43. The molecule has 0 aromatic carbocycles. The number of nitrogens with zero attached hydrogens (tertiary/aromatic N) is 2. The zero-order valence-corrected chi connectivity index (χ0v) is 17.4. The molecule has 0 radical (unpaired) electrons. The van der Waals surface area contributed by atoms with Gasteiger partial charge in [-0.3, -0.25) is 9.79 Å². The minimum atomic E-state index is -0.156. The zero-order chi connectivity index (χ0) is 16.4. The molecule has 0 aliphatic carbocycles. The van der Waals surface area contributed by atoms with Crippen molar-refractivity contribution in [3.05, 3.63) is 15.6 Å². The lowest BCUT2D eigenvalue weighted by Crippen LogP contribution is -2.38. The van der Waals surface area contributed by atoms with E-state index in [0.717, 1.165) is 49.0 Å². The first-order chi connectivity index (χ1) is 10.6. The smallest absolute Gasteiger partial charge is 0.305 e. The summed E-state index contributed by atoms with van der Waals surface area (Å²) in [5, 5.41) is 7.65. The molecule has 2 N–H and O–H groups in total. The van der Waals surface area contributed by atoms with Crippen LogP contribution in [0, 0.1) is 13.8 Å². The van der Waals surface area contributed by atoms with Crippen LogP contribution >= 0.6 is 35.3 Å². The second-order valence-corrected chi connectivity index (χ2v) is 6.25. The lowest BCUT2D eigenvalue weighted by Gasteiger charge is -2.11. The summed E-state index contributed by atoms with van der Waals surface area (Å²) in [5.74, 6) is 0.625. The third kappa shape index (κ3) is 9.09. The molecule has 0 unspecified atom stereocenters. The Morgan fingerprint density at radius 1 is 1.26 bits per heavy atom. The zero-order valence-electron chi connectivity index (χ0n) is 14.3. The van der Waals surface area contributed by atoms with Crippen molar-refractivity contribution in [3.63, 3.8) is 0 Å². The normalized spacial score (nSPS) is 10.9. The van der Waals surface area contributed by atoms with Crippen LogP contribution < -0.4 is 10.6 Å². The number of hydrogen-bond donors (Lipinski definition) is 2. The third-order valence-corrected chi connectivity index (χ3v) is 4.39. The number of aryl methyl sites for hydroxylation is 2. The molecule has 0 aliphatic rings. The molecule has 0 amide bonds. The van der Waals surface area contributed by atoms with Gasteiger partial charge in [0.25, 0.3) is 0 Å². The molecule has 132 valence electrons. The number of esters is 1. The monoisotopic (exact) mass is 454 g/mol. The van der Waals surface area contributed by atoms with Gasteiger partial charge >= 0.3 is 5.97 Å². The summed E-state index contributed by atoms with van der Waals surface area (Å²) in [6, 6.07) is 0. The molecule has 1 heterocycles. The molecule has 0 bridgehead atoms. The fourth-order valence-corrected chi connectivity index (χ4v) is 2.79. The Labute approximate surface area is 159 Å². The molecule has 1 aromatic heterocycles. The van der Waals surface area contributed by atoms with E-state index in [-0.39, 0.29) is 29.9 Å². The van der Waals surface area contributed by atoms with Gasteiger partial charge in [0, 0.05) is 37.9 Å². The second kappa shape index (κ2) is 12.5. The van der Waals surface area contributed by atoms with Gasteiger partial charge in [0.05, 0.1) is 17.8 Å². The van der Waals surface area contributed by atoms with Crippen molar-refractivity contribution in [2.24, 2.45) is 4.99 Å². The summed E-state index contributed by atoms with van der Waals surface area (Å²) < 4.78 is 4.60. The maximum absolute atomic E-state index is 11.0. The number of halogens is 1. The van der Waals surface area contributed by atoms with Gasteiger partial charge in [0.1, 0.15) is 0 Å². The number of carbonyl (C=O) groups is 1. The molecule has 0 atom stereocenters. The first kappa shape index (κ1) is 22.1. The summed E-state index contributed by atoms with van der Waals surface area (Å²) in [4.78, 5) is 21.0. The van der Waals surface area contributed by atoms with Crippen LogP contribution in [0.5, 0.6) is 0 Å². The van der Waals surface area contributed by atoms with Crippen LogP contribution in [-0.2, 0) is 16.0 Å². The Hall–Kier alpha value is -0.900. The molecule has 6 nitrogen and oxygen atoms in total. The number of unbranched alkanes of at least 4 members (excludes halogenated alkanes) is 1. The molecule has 0 fully saturated rings. The number of aliphatic imine (C=N–C) groups is 1. The molecule has 0 aliphatic heterocycles. The van der Waals surface area contributed by atoms with Crippen LogP contribution in [0.1, 0.15) is 34.8 Å². The fourth-order valence-electron chi connectivity index (χ4n) is 1.86. The van der Waals surface area contributed by atoms with Crippen LogP contribution in [0.3, 0.4) is 0 Å². The molecule has 23 heavy (non-hydrogen) atoms. The molecule has 0 saturated heterocycles. The van der Waals surface area contributed by atoms with Crippen LogP contribution in [0.25, 0.3) is 0 Å². The van der Waals surface area contributed by atoms with E-state index >= 15 is 0 Å². The van der Waals surface area contributed by atoms with E-state index in [1.807, 2.05) is 6.92 Å². The lowest BCUT2D eigenvalue weighted by molar-refractivity contribution is -0.140. The Morgan fingerprint density at radius 3 is 2.52 bits per heavy atom. The van der Waals surface area contributed by atoms with Crippen molar-refractivity contribution < 1.29 is 9.53 Å². The van der Waals surface area contributed by atoms with E-state index in [9.17, 15) is 4.79 Å². The number of ether oxygens (including phenoxy) is 1. The van der Waals surface area contributed by atoms with Gasteiger partial charge in [-0.25, -0.2) is 4.98 Å². The Morgan fingerprint density at radius 2 is 1.96 bits per heavy atom. The lowest BCUT2D eigenvalue weighted by atomic mass is 10.2. The highest BCUT2D eigenvalue weighted by molar-refractivity contribution is 14.0. The van der Waals surface area contributed by atoms with Gasteiger partial charge in [0.15, 0.2) is 5.96 Å². The topological polar surface area (TPSA) is 75.6 Å². The highest BCUT2D eigenvalue weighted by atomic mass is 127. The van der Waals surface area contributed by atoms with Gasteiger partial charge in [-0.1, -0.05) is 0 Å². The standard InChI is InChI=1S/C15H26N4O2S.HI/c1-11-12(2)22-13(19-11)8-10-18-15(16-3)17-9-6-5-7-14(20)21-4;/h5-10H2,1-4H3,(H2,16,17,18);1H. The number of rotatable bonds is 8. The van der Waals surface area contributed by atoms with Gasteiger partial charge in [-0.2, -0.15) is 0 Å². The minimum Gasteiger partial charge on any atom is -0.469 e. The van der Waals surface area contributed by atoms with Crippen LogP contribution in [0.15, 0.2) is 4.99 Å². The summed E-state index contributed by atoms with van der Waals surface area (Å²) >= 11 is 1.75. The largest absolute Gasteiger partial charge is 0.469 e. The first-order valence-electron chi connectivity index (χ1n) is 7.51. The third-order valence-electron chi connectivity index (χ3n) is 3.26. The molecular formula is C15H27IN4O2S. The van der Waals surface area contributed by atoms with Gasteiger partial charge < -0.3 is 15.4 Å². The van der Waals surface area contributed by atoms with Crippen molar-refractivity contribution >= 4 is 47.2 Å². The molecule has 0 saturated carbocycles. The van der Waals surface area contributed by atoms with Crippen LogP contribution in [0.4, 0.5) is 0 Å². The number of thiazole rings is 1. The maximum Gasteiger partial charge on any atom is 0.305 e. The van der Waals surface area contributed by atoms with Crippen molar-refractivity contribution in [2.45, 2.75) is 39.5 Å². The number of methoxy groups -OCH3 is 1. The first-order valence-corrected chi connectivity index (χ1v) is 8.32. The van der Waals surface area contributed by atoms with E-state index in [1.165, 1.54) is 12.0 Å². The maximum atomic E-state index is 11.0. The summed E-state index contributed by atoms with van der Waals surface area (Å²) in [6.45, 7) is 5.72. The summed E-state index contributed by atoms with van der Waals surface area (Å²) in [5.41, 5.74) is 1.12. The van der Waals surface area contributed by atoms with Crippen molar-refractivity contribution in [3.8, 4) is 0 Å².